The number of nitrogens with two attached hydrogens (primary N) is 1. The highest BCUT2D eigenvalue weighted by atomic mass is 32.2. The first kappa shape index (κ1) is 40.6. The van der Waals surface area contributed by atoms with E-state index in [0.29, 0.717) is 13.1 Å². The number of nitrogens with zero attached hydrogens (tertiary/aromatic N) is 7. The van der Waals surface area contributed by atoms with Crippen LogP contribution < -0.4 is 14.6 Å². The Morgan fingerprint density at radius 3 is 1.30 bits per heavy atom. The third kappa shape index (κ3) is 11.1. The molecule has 4 aromatic rings. The van der Waals surface area contributed by atoms with Crippen molar-refractivity contribution >= 4 is 20.0 Å². The summed E-state index contributed by atoms with van der Waals surface area (Å²) in [6.45, 7) is 13.6. The molecule has 0 fully saturated rings. The van der Waals surface area contributed by atoms with Gasteiger partial charge in [-0.15, -0.1) is 0 Å². The zero-order valence-electron chi connectivity index (χ0n) is 30.4. The summed E-state index contributed by atoms with van der Waals surface area (Å²) in [6.07, 6.45) is 0. The quantitative estimate of drug-likeness (QED) is 0.170. The van der Waals surface area contributed by atoms with Crippen LogP contribution in [0.5, 0.6) is 11.5 Å². The van der Waals surface area contributed by atoms with E-state index in [0.717, 1.165) is 60.2 Å². The van der Waals surface area contributed by atoms with Crippen molar-refractivity contribution in [1.82, 2.24) is 33.7 Å². The molecule has 0 radical (unpaired) electrons. The van der Waals surface area contributed by atoms with Crippen molar-refractivity contribution in [3.05, 3.63) is 83.2 Å². The number of aryl methyl sites for hydroxylation is 2. The lowest BCUT2D eigenvalue weighted by molar-refractivity contribution is 0.287. The monoisotopic (exact) mass is 732 g/mol. The highest BCUT2D eigenvalue weighted by Gasteiger charge is 2.29. The van der Waals surface area contributed by atoms with Crippen molar-refractivity contribution in [3.63, 3.8) is 0 Å². The fourth-order valence-corrected chi connectivity index (χ4v) is 7.04. The first-order valence-electron chi connectivity index (χ1n) is 16.5. The van der Waals surface area contributed by atoms with E-state index in [-0.39, 0.29) is 23.1 Å². The van der Waals surface area contributed by atoms with Crippen LogP contribution in [-0.4, -0.2) is 90.9 Å². The predicted octanol–water partition coefficient (Wildman–Crippen LogP) is 3.58. The average molecular weight is 733 g/mol. The molecule has 0 saturated heterocycles. The molecule has 4 rings (SSSR count). The Labute approximate surface area is 297 Å². The zero-order chi connectivity index (χ0) is 37.1. The molecule has 0 atom stereocenters. The van der Waals surface area contributed by atoms with Crippen molar-refractivity contribution in [2.45, 2.75) is 63.9 Å². The normalized spacial score (nSPS) is 12.0. The van der Waals surface area contributed by atoms with E-state index in [1.165, 1.54) is 10.4 Å². The number of benzene rings is 2. The lowest BCUT2D eigenvalue weighted by Crippen LogP contribution is -2.30. The van der Waals surface area contributed by atoms with E-state index in [1.807, 2.05) is 48.5 Å². The van der Waals surface area contributed by atoms with Crippen molar-refractivity contribution in [2.75, 3.05) is 40.4 Å². The Morgan fingerprint density at radius 2 is 0.980 bits per heavy atom. The van der Waals surface area contributed by atoms with Gasteiger partial charge < -0.3 is 9.47 Å². The third-order valence-corrected chi connectivity index (χ3v) is 10.8. The van der Waals surface area contributed by atoms with Gasteiger partial charge in [-0.2, -0.15) is 14.5 Å². The molecule has 0 amide bonds. The number of sulfonamides is 2. The van der Waals surface area contributed by atoms with Gasteiger partial charge in [-0.3, -0.25) is 19.2 Å². The Bertz CT molecular complexity index is 1800. The standard InChI is InChI=1S/C25H34N4O4S.C9H18N4O2S/c1-6-28(7-2)19-22-16-25(26-27(22)3)34(30,31)29(17-20-8-12-23(32-4)13-9-20)18-21-10-14-24(33-5)15-11-21;1-4-13(5-2)7-8-6-9(11-12(8)3)16(10,14)15/h8-16H,6-7,17-19H2,1-5H3;6H,4-5,7H2,1-3H3,(H2,10,14,15). The number of aromatic nitrogens is 4. The Kier molecular flexibility index (Phi) is 15.0. The van der Waals surface area contributed by atoms with Gasteiger partial charge in [0, 0.05) is 52.4 Å². The highest BCUT2D eigenvalue weighted by Crippen LogP contribution is 2.24. The van der Waals surface area contributed by atoms with Crippen LogP contribution in [0.15, 0.2) is 70.7 Å². The maximum absolute atomic E-state index is 13.8. The number of ether oxygens (including phenoxy) is 2. The summed E-state index contributed by atoms with van der Waals surface area (Å²) in [5, 5.41) is 13.3. The minimum Gasteiger partial charge on any atom is -0.497 e. The first-order chi connectivity index (χ1) is 23.7. The number of methoxy groups -OCH3 is 2. The van der Waals surface area contributed by atoms with E-state index in [2.05, 4.69) is 47.7 Å². The highest BCUT2D eigenvalue weighted by molar-refractivity contribution is 7.89. The van der Waals surface area contributed by atoms with Gasteiger partial charge in [0.25, 0.3) is 20.0 Å². The summed E-state index contributed by atoms with van der Waals surface area (Å²) < 4.78 is 64.9. The second-order valence-corrected chi connectivity index (χ2v) is 15.0. The molecule has 2 heterocycles. The topological polar surface area (TPSA) is 158 Å². The minimum atomic E-state index is -3.86. The van der Waals surface area contributed by atoms with Crippen molar-refractivity contribution in [2.24, 2.45) is 19.2 Å². The molecule has 0 unspecified atom stereocenters. The van der Waals surface area contributed by atoms with Crippen LogP contribution in [-0.2, 0) is 60.3 Å². The van der Waals surface area contributed by atoms with Gasteiger partial charge in [-0.05, 0) is 61.6 Å². The second kappa shape index (κ2) is 18.4. The SMILES string of the molecule is CCN(CC)Cc1cc(S(=O)(=O)N(Cc2ccc(OC)cc2)Cc2ccc(OC)cc2)nn1C.CCN(CC)Cc1cc(S(N)(=O)=O)nn1C. The molecule has 2 N–H and O–H groups in total. The predicted molar refractivity (Wildman–Crippen MR) is 193 cm³/mol. The van der Waals surface area contributed by atoms with Gasteiger partial charge in [0.1, 0.15) is 11.5 Å². The lowest BCUT2D eigenvalue weighted by atomic mass is 10.2. The molecule has 2 aromatic heterocycles. The number of rotatable bonds is 17. The molecule has 0 aliphatic carbocycles. The molecule has 0 spiro atoms. The van der Waals surface area contributed by atoms with Crippen molar-refractivity contribution in [3.8, 4) is 11.5 Å². The second-order valence-electron chi connectivity index (χ2n) is 11.6. The number of primary sulfonamides is 1. The van der Waals surface area contributed by atoms with E-state index in [4.69, 9.17) is 14.6 Å². The molecule has 0 aliphatic heterocycles. The summed E-state index contributed by atoms with van der Waals surface area (Å²) >= 11 is 0. The molecular weight excluding hydrogens is 681 g/mol. The Balaban J connectivity index is 0.000000354. The van der Waals surface area contributed by atoms with Gasteiger partial charge in [0.15, 0.2) is 10.1 Å². The lowest BCUT2D eigenvalue weighted by Gasteiger charge is -2.21. The summed E-state index contributed by atoms with van der Waals surface area (Å²) in [7, 11) is -0.854. The van der Waals surface area contributed by atoms with Crippen LogP contribution in [0.4, 0.5) is 0 Å². The van der Waals surface area contributed by atoms with Crippen LogP contribution in [0.2, 0.25) is 0 Å². The zero-order valence-corrected chi connectivity index (χ0v) is 32.0. The van der Waals surface area contributed by atoms with Gasteiger partial charge in [-0.25, -0.2) is 22.0 Å². The van der Waals surface area contributed by atoms with Gasteiger partial charge in [0.2, 0.25) is 0 Å². The molecule has 14 nitrogen and oxygen atoms in total. The third-order valence-electron chi connectivity index (χ3n) is 8.40. The number of hydrogen-bond acceptors (Lipinski definition) is 10. The average Bonchev–Trinajstić information content (AvgIpc) is 3.68. The molecule has 276 valence electrons. The van der Waals surface area contributed by atoms with Gasteiger partial charge in [-0.1, -0.05) is 52.0 Å². The van der Waals surface area contributed by atoms with Crippen LogP contribution >= 0.6 is 0 Å². The molecule has 16 heteroatoms. The summed E-state index contributed by atoms with van der Waals surface area (Å²) in [5.41, 5.74) is 3.42. The fraction of sp³-hybridized carbons (Fsp3) is 0.471. The summed E-state index contributed by atoms with van der Waals surface area (Å²) in [4.78, 5) is 4.39. The van der Waals surface area contributed by atoms with Crippen LogP contribution in [0, 0.1) is 0 Å². The van der Waals surface area contributed by atoms with Gasteiger partial charge >= 0.3 is 0 Å². The van der Waals surface area contributed by atoms with E-state index in [9.17, 15) is 16.8 Å². The van der Waals surface area contributed by atoms with Gasteiger partial charge in [0.05, 0.1) is 25.6 Å². The van der Waals surface area contributed by atoms with Crippen LogP contribution in [0.1, 0.15) is 50.2 Å². The van der Waals surface area contributed by atoms with Crippen molar-refractivity contribution in [1.29, 1.82) is 0 Å². The molecule has 2 aromatic carbocycles. The van der Waals surface area contributed by atoms with Crippen molar-refractivity contribution < 1.29 is 26.3 Å². The van der Waals surface area contributed by atoms with Crippen LogP contribution in [0.3, 0.4) is 0 Å². The maximum atomic E-state index is 13.8. The molecular formula is C34H52N8O6S2. The molecule has 0 saturated carbocycles. The molecule has 0 aliphatic rings. The Hall–Kier alpha value is -3.80. The Morgan fingerprint density at radius 1 is 0.620 bits per heavy atom. The smallest absolute Gasteiger partial charge is 0.262 e. The minimum absolute atomic E-state index is 0.0548. The molecule has 0 bridgehead atoms. The first-order valence-corrected chi connectivity index (χ1v) is 19.5. The van der Waals surface area contributed by atoms with E-state index < -0.39 is 20.0 Å². The largest absolute Gasteiger partial charge is 0.497 e. The summed E-state index contributed by atoms with van der Waals surface area (Å²) in [5.74, 6) is 1.44. The van der Waals surface area contributed by atoms with Crippen LogP contribution in [0.25, 0.3) is 0 Å². The molecule has 50 heavy (non-hydrogen) atoms. The maximum Gasteiger partial charge on any atom is 0.262 e. The number of hydrogen-bond donors (Lipinski definition) is 1. The van der Waals surface area contributed by atoms with E-state index >= 15 is 0 Å². The fourth-order valence-electron chi connectivity index (χ4n) is 5.09. The van der Waals surface area contributed by atoms with E-state index in [1.54, 1.807) is 43.7 Å². The summed E-state index contributed by atoms with van der Waals surface area (Å²) in [6, 6.07) is 18.0.